The maximum Gasteiger partial charge on any atom is 0.0597 e. The average molecular weight is 159 g/mol. The molecule has 0 unspecified atom stereocenters. The SMILES string of the molecule is C[C@@H](N)C(C)(C)CC(C)(C)O. The summed E-state index contributed by atoms with van der Waals surface area (Å²) >= 11 is 0. The summed E-state index contributed by atoms with van der Waals surface area (Å²) in [6.07, 6.45) is 0.734. The van der Waals surface area contributed by atoms with Gasteiger partial charge >= 0.3 is 0 Å². The Balaban J connectivity index is 4.13. The molecule has 0 amide bonds. The molecule has 0 spiro atoms. The predicted molar refractivity (Wildman–Crippen MR) is 48.3 cm³/mol. The van der Waals surface area contributed by atoms with Crippen molar-refractivity contribution in [2.75, 3.05) is 0 Å². The van der Waals surface area contributed by atoms with E-state index in [9.17, 15) is 5.11 Å². The molecule has 68 valence electrons. The third-order valence-corrected chi connectivity index (χ3v) is 2.12. The second-order valence-electron chi connectivity index (χ2n) is 4.77. The van der Waals surface area contributed by atoms with Crippen LogP contribution in [0.25, 0.3) is 0 Å². The Labute approximate surface area is 69.8 Å². The van der Waals surface area contributed by atoms with E-state index in [1.165, 1.54) is 0 Å². The van der Waals surface area contributed by atoms with Crippen LogP contribution in [0.4, 0.5) is 0 Å². The zero-order valence-corrected chi connectivity index (χ0v) is 8.31. The van der Waals surface area contributed by atoms with Crippen molar-refractivity contribution in [2.45, 2.75) is 52.7 Å². The first kappa shape index (κ1) is 10.9. The van der Waals surface area contributed by atoms with Gasteiger partial charge < -0.3 is 10.8 Å². The van der Waals surface area contributed by atoms with Crippen molar-refractivity contribution in [3.8, 4) is 0 Å². The Kier molecular flexibility index (Phi) is 3.09. The van der Waals surface area contributed by atoms with E-state index in [-0.39, 0.29) is 11.5 Å². The second kappa shape index (κ2) is 3.11. The van der Waals surface area contributed by atoms with Crippen LogP contribution in [0.1, 0.15) is 41.0 Å². The molecule has 0 aromatic carbocycles. The van der Waals surface area contributed by atoms with E-state index in [0.29, 0.717) is 0 Å². The van der Waals surface area contributed by atoms with Crippen molar-refractivity contribution >= 4 is 0 Å². The van der Waals surface area contributed by atoms with Gasteiger partial charge in [-0.15, -0.1) is 0 Å². The molecule has 0 aliphatic heterocycles. The first-order valence-corrected chi connectivity index (χ1v) is 4.13. The van der Waals surface area contributed by atoms with E-state index in [2.05, 4.69) is 13.8 Å². The van der Waals surface area contributed by atoms with Crippen molar-refractivity contribution in [3.05, 3.63) is 0 Å². The van der Waals surface area contributed by atoms with Crippen LogP contribution < -0.4 is 5.73 Å². The number of hydrogen-bond donors (Lipinski definition) is 2. The predicted octanol–water partition coefficient (Wildman–Crippen LogP) is 1.52. The molecular formula is C9H21NO. The van der Waals surface area contributed by atoms with Gasteiger partial charge in [0.1, 0.15) is 0 Å². The third-order valence-electron chi connectivity index (χ3n) is 2.12. The monoisotopic (exact) mass is 159 g/mol. The standard InChI is InChI=1S/C9H21NO/c1-7(10)8(2,3)6-9(4,5)11/h7,11H,6,10H2,1-5H3/t7-/m1/s1. The Bertz CT molecular complexity index is 122. The van der Waals surface area contributed by atoms with E-state index in [1.807, 2.05) is 20.8 Å². The zero-order chi connectivity index (χ0) is 9.28. The minimum atomic E-state index is -0.614. The molecule has 0 heterocycles. The normalized spacial score (nSPS) is 16.6. The fourth-order valence-electron chi connectivity index (χ4n) is 1.28. The van der Waals surface area contributed by atoms with E-state index in [0.717, 1.165) is 6.42 Å². The molecule has 3 N–H and O–H groups in total. The number of rotatable bonds is 3. The maximum atomic E-state index is 9.55. The molecule has 1 atom stereocenters. The van der Waals surface area contributed by atoms with Crippen LogP contribution in [0.15, 0.2) is 0 Å². The largest absolute Gasteiger partial charge is 0.390 e. The van der Waals surface area contributed by atoms with Gasteiger partial charge in [0.25, 0.3) is 0 Å². The quantitative estimate of drug-likeness (QED) is 0.656. The Morgan fingerprint density at radius 3 is 1.73 bits per heavy atom. The van der Waals surface area contributed by atoms with E-state index < -0.39 is 5.60 Å². The molecule has 0 radical (unpaired) electrons. The van der Waals surface area contributed by atoms with Crippen LogP contribution in [0, 0.1) is 5.41 Å². The lowest BCUT2D eigenvalue weighted by molar-refractivity contribution is 0.0256. The fourth-order valence-corrected chi connectivity index (χ4v) is 1.28. The second-order valence-corrected chi connectivity index (χ2v) is 4.77. The molecule has 11 heavy (non-hydrogen) atoms. The van der Waals surface area contributed by atoms with Crippen molar-refractivity contribution in [1.29, 1.82) is 0 Å². The summed E-state index contributed by atoms with van der Waals surface area (Å²) in [7, 11) is 0. The molecule has 0 saturated carbocycles. The summed E-state index contributed by atoms with van der Waals surface area (Å²) in [5.74, 6) is 0. The molecule has 2 heteroatoms. The molecule has 0 bridgehead atoms. The number of hydrogen-bond acceptors (Lipinski definition) is 2. The smallest absolute Gasteiger partial charge is 0.0597 e. The summed E-state index contributed by atoms with van der Waals surface area (Å²) in [5, 5.41) is 9.55. The van der Waals surface area contributed by atoms with Crippen molar-refractivity contribution in [3.63, 3.8) is 0 Å². The van der Waals surface area contributed by atoms with Gasteiger partial charge in [-0.25, -0.2) is 0 Å². The highest BCUT2D eigenvalue weighted by Gasteiger charge is 2.29. The topological polar surface area (TPSA) is 46.2 Å². The molecule has 0 saturated heterocycles. The van der Waals surface area contributed by atoms with Crippen LogP contribution in [0.5, 0.6) is 0 Å². The highest BCUT2D eigenvalue weighted by molar-refractivity contribution is 4.84. The summed E-state index contributed by atoms with van der Waals surface area (Å²) in [4.78, 5) is 0. The zero-order valence-electron chi connectivity index (χ0n) is 8.31. The molecule has 0 rings (SSSR count). The van der Waals surface area contributed by atoms with Gasteiger partial charge in [0.2, 0.25) is 0 Å². The Morgan fingerprint density at radius 1 is 1.27 bits per heavy atom. The first-order valence-electron chi connectivity index (χ1n) is 4.13. The molecule has 0 aromatic rings. The van der Waals surface area contributed by atoms with Crippen LogP contribution in [-0.4, -0.2) is 16.7 Å². The Morgan fingerprint density at radius 2 is 1.64 bits per heavy atom. The fraction of sp³-hybridized carbons (Fsp3) is 1.00. The summed E-state index contributed by atoms with van der Waals surface area (Å²) < 4.78 is 0. The van der Waals surface area contributed by atoms with Crippen LogP contribution in [0.2, 0.25) is 0 Å². The lowest BCUT2D eigenvalue weighted by atomic mass is 9.77. The maximum absolute atomic E-state index is 9.55. The minimum Gasteiger partial charge on any atom is -0.390 e. The van der Waals surface area contributed by atoms with Crippen molar-refractivity contribution < 1.29 is 5.11 Å². The van der Waals surface area contributed by atoms with Gasteiger partial charge in [0, 0.05) is 6.04 Å². The Hall–Kier alpha value is -0.0800. The molecule has 0 aliphatic rings. The minimum absolute atomic E-state index is 0.0122. The van der Waals surface area contributed by atoms with Gasteiger partial charge in [-0.1, -0.05) is 13.8 Å². The number of aliphatic hydroxyl groups is 1. The van der Waals surface area contributed by atoms with Gasteiger partial charge in [-0.3, -0.25) is 0 Å². The molecule has 0 fully saturated rings. The summed E-state index contributed by atoms with van der Waals surface area (Å²) in [5.41, 5.74) is 5.16. The third kappa shape index (κ3) is 4.38. The van der Waals surface area contributed by atoms with Crippen molar-refractivity contribution in [1.82, 2.24) is 0 Å². The first-order chi connectivity index (χ1) is 4.65. The van der Waals surface area contributed by atoms with Gasteiger partial charge in [0.05, 0.1) is 5.60 Å². The molecular weight excluding hydrogens is 138 g/mol. The number of nitrogens with two attached hydrogens (primary N) is 1. The van der Waals surface area contributed by atoms with Crippen LogP contribution >= 0.6 is 0 Å². The van der Waals surface area contributed by atoms with E-state index in [4.69, 9.17) is 5.73 Å². The van der Waals surface area contributed by atoms with E-state index >= 15 is 0 Å². The highest BCUT2D eigenvalue weighted by atomic mass is 16.3. The van der Waals surface area contributed by atoms with Crippen molar-refractivity contribution in [2.24, 2.45) is 11.1 Å². The summed E-state index contributed by atoms with van der Waals surface area (Å²) in [6.45, 7) is 9.77. The van der Waals surface area contributed by atoms with Gasteiger partial charge in [-0.2, -0.15) is 0 Å². The van der Waals surface area contributed by atoms with Gasteiger partial charge in [0.15, 0.2) is 0 Å². The molecule has 0 aliphatic carbocycles. The van der Waals surface area contributed by atoms with E-state index in [1.54, 1.807) is 0 Å². The van der Waals surface area contributed by atoms with Crippen LogP contribution in [0.3, 0.4) is 0 Å². The average Bonchev–Trinajstić information content (AvgIpc) is 1.56. The lowest BCUT2D eigenvalue weighted by Gasteiger charge is -2.34. The lowest BCUT2D eigenvalue weighted by Crippen LogP contribution is -2.40. The summed E-state index contributed by atoms with van der Waals surface area (Å²) in [6, 6.07) is 0.119. The van der Waals surface area contributed by atoms with Gasteiger partial charge in [-0.05, 0) is 32.6 Å². The molecule has 0 aromatic heterocycles. The molecule has 2 nitrogen and oxygen atoms in total. The van der Waals surface area contributed by atoms with Crippen LogP contribution in [-0.2, 0) is 0 Å². The highest BCUT2D eigenvalue weighted by Crippen LogP contribution is 2.29.